The minimum atomic E-state index is -0.515. The fourth-order valence-electron chi connectivity index (χ4n) is 2.84. The SMILES string of the molecule is C[C@H]1CN(Cc2ccccc2)Cc2onc(C(N)=O)c21. The molecular weight excluding hydrogens is 254 g/mol. The summed E-state index contributed by atoms with van der Waals surface area (Å²) in [6.45, 7) is 4.45. The van der Waals surface area contributed by atoms with Crippen LogP contribution >= 0.6 is 0 Å². The molecular formula is C15H17N3O2. The first-order chi connectivity index (χ1) is 9.65. The van der Waals surface area contributed by atoms with Gasteiger partial charge in [-0.15, -0.1) is 0 Å². The number of aromatic nitrogens is 1. The number of nitrogens with two attached hydrogens (primary N) is 1. The van der Waals surface area contributed by atoms with Crippen LogP contribution in [-0.4, -0.2) is 22.5 Å². The van der Waals surface area contributed by atoms with Crippen molar-refractivity contribution in [3.8, 4) is 0 Å². The smallest absolute Gasteiger partial charge is 0.271 e. The second-order valence-electron chi connectivity index (χ2n) is 5.29. The second kappa shape index (κ2) is 5.09. The zero-order valence-electron chi connectivity index (χ0n) is 11.4. The minimum Gasteiger partial charge on any atom is -0.364 e. The highest BCUT2D eigenvalue weighted by Gasteiger charge is 2.31. The molecule has 0 bridgehead atoms. The normalized spacial score (nSPS) is 18.8. The summed E-state index contributed by atoms with van der Waals surface area (Å²) in [6.07, 6.45) is 0. The standard InChI is InChI=1S/C15H17N3O2/c1-10-7-18(8-11-5-3-2-4-6-11)9-12-13(10)14(15(16)19)17-20-12/h2-6,10H,7-9H2,1H3,(H2,16,19)/t10-/m0/s1. The van der Waals surface area contributed by atoms with Gasteiger partial charge in [0.15, 0.2) is 11.5 Å². The molecule has 1 atom stereocenters. The number of rotatable bonds is 3. The Morgan fingerprint density at radius 1 is 1.45 bits per heavy atom. The average molecular weight is 271 g/mol. The molecule has 1 amide bonds. The maximum Gasteiger partial charge on any atom is 0.271 e. The first kappa shape index (κ1) is 12.9. The van der Waals surface area contributed by atoms with Crippen molar-refractivity contribution in [1.82, 2.24) is 10.1 Å². The van der Waals surface area contributed by atoms with Crippen LogP contribution in [0.5, 0.6) is 0 Å². The van der Waals surface area contributed by atoms with Crippen LogP contribution in [0.4, 0.5) is 0 Å². The van der Waals surface area contributed by atoms with Crippen molar-refractivity contribution in [1.29, 1.82) is 0 Å². The van der Waals surface area contributed by atoms with Gasteiger partial charge in [0.1, 0.15) is 0 Å². The van der Waals surface area contributed by atoms with Crippen molar-refractivity contribution in [2.75, 3.05) is 6.54 Å². The van der Waals surface area contributed by atoms with Crippen molar-refractivity contribution in [2.45, 2.75) is 25.9 Å². The number of fused-ring (bicyclic) bond motifs is 1. The Balaban J connectivity index is 1.81. The minimum absolute atomic E-state index is 0.191. The Morgan fingerprint density at radius 3 is 2.90 bits per heavy atom. The molecule has 5 nitrogen and oxygen atoms in total. The molecule has 0 saturated carbocycles. The molecule has 1 aromatic heterocycles. The molecule has 2 N–H and O–H groups in total. The van der Waals surface area contributed by atoms with Gasteiger partial charge in [-0.05, 0) is 11.5 Å². The number of carbonyl (C=O) groups excluding carboxylic acids is 1. The molecule has 3 rings (SSSR count). The van der Waals surface area contributed by atoms with E-state index in [4.69, 9.17) is 10.3 Å². The molecule has 104 valence electrons. The molecule has 1 aliphatic rings. The van der Waals surface area contributed by atoms with Gasteiger partial charge in [0.05, 0.1) is 6.54 Å². The number of benzene rings is 1. The van der Waals surface area contributed by atoms with Crippen LogP contribution in [0.1, 0.15) is 40.2 Å². The van der Waals surface area contributed by atoms with Crippen LogP contribution in [-0.2, 0) is 13.1 Å². The molecule has 2 heterocycles. The Kier molecular flexibility index (Phi) is 3.28. The number of primary amides is 1. The van der Waals surface area contributed by atoms with E-state index < -0.39 is 5.91 Å². The van der Waals surface area contributed by atoms with E-state index in [0.29, 0.717) is 6.54 Å². The lowest BCUT2D eigenvalue weighted by molar-refractivity contribution is 0.0990. The van der Waals surface area contributed by atoms with Gasteiger partial charge < -0.3 is 10.3 Å². The lowest BCUT2D eigenvalue weighted by Gasteiger charge is -2.29. The molecule has 0 saturated heterocycles. The van der Waals surface area contributed by atoms with E-state index in [2.05, 4.69) is 29.1 Å². The molecule has 1 aromatic carbocycles. The molecule has 0 unspecified atom stereocenters. The van der Waals surface area contributed by atoms with Crippen LogP contribution in [0.3, 0.4) is 0 Å². The summed E-state index contributed by atoms with van der Waals surface area (Å²) in [5.41, 5.74) is 7.75. The Labute approximate surface area is 117 Å². The van der Waals surface area contributed by atoms with E-state index in [1.54, 1.807) is 0 Å². The van der Waals surface area contributed by atoms with Gasteiger partial charge >= 0.3 is 0 Å². The molecule has 0 aliphatic carbocycles. The van der Waals surface area contributed by atoms with Gasteiger partial charge in [-0.2, -0.15) is 0 Å². The van der Waals surface area contributed by atoms with E-state index in [-0.39, 0.29) is 11.6 Å². The average Bonchev–Trinajstić information content (AvgIpc) is 2.84. The molecule has 0 fully saturated rings. The highest BCUT2D eigenvalue weighted by molar-refractivity contribution is 5.92. The predicted molar refractivity (Wildman–Crippen MR) is 74.0 cm³/mol. The monoisotopic (exact) mass is 271 g/mol. The third-order valence-corrected chi connectivity index (χ3v) is 3.68. The van der Waals surface area contributed by atoms with Crippen molar-refractivity contribution in [3.05, 3.63) is 52.9 Å². The van der Waals surface area contributed by atoms with Gasteiger partial charge in [-0.1, -0.05) is 42.4 Å². The van der Waals surface area contributed by atoms with Gasteiger partial charge in [0.2, 0.25) is 0 Å². The number of hydrogen-bond acceptors (Lipinski definition) is 4. The molecule has 20 heavy (non-hydrogen) atoms. The fourth-order valence-corrected chi connectivity index (χ4v) is 2.84. The van der Waals surface area contributed by atoms with Crippen LogP contribution in [0.25, 0.3) is 0 Å². The van der Waals surface area contributed by atoms with E-state index in [1.807, 2.05) is 18.2 Å². The maximum atomic E-state index is 11.3. The summed E-state index contributed by atoms with van der Waals surface area (Å²) in [7, 11) is 0. The number of nitrogens with zero attached hydrogens (tertiary/aromatic N) is 2. The lowest BCUT2D eigenvalue weighted by Crippen LogP contribution is -2.32. The van der Waals surface area contributed by atoms with Crippen LogP contribution < -0.4 is 5.73 Å². The van der Waals surface area contributed by atoms with Crippen molar-refractivity contribution >= 4 is 5.91 Å². The van der Waals surface area contributed by atoms with Gasteiger partial charge in [-0.25, -0.2) is 0 Å². The number of hydrogen-bond donors (Lipinski definition) is 1. The van der Waals surface area contributed by atoms with Crippen molar-refractivity contribution in [3.63, 3.8) is 0 Å². The van der Waals surface area contributed by atoms with Crippen LogP contribution in [0, 0.1) is 0 Å². The van der Waals surface area contributed by atoms with E-state index >= 15 is 0 Å². The van der Waals surface area contributed by atoms with E-state index in [1.165, 1.54) is 5.56 Å². The van der Waals surface area contributed by atoms with Gasteiger partial charge in [-0.3, -0.25) is 9.69 Å². The summed E-state index contributed by atoms with van der Waals surface area (Å²) in [6, 6.07) is 10.3. The zero-order chi connectivity index (χ0) is 14.1. The van der Waals surface area contributed by atoms with Crippen molar-refractivity contribution in [2.24, 2.45) is 5.73 Å². The molecule has 0 spiro atoms. The molecule has 0 radical (unpaired) electrons. The topological polar surface area (TPSA) is 72.4 Å². The van der Waals surface area contributed by atoms with E-state index in [9.17, 15) is 4.79 Å². The fraction of sp³-hybridized carbons (Fsp3) is 0.333. The summed E-state index contributed by atoms with van der Waals surface area (Å²) in [5, 5.41) is 3.81. The molecule has 2 aromatic rings. The van der Waals surface area contributed by atoms with Crippen molar-refractivity contribution < 1.29 is 9.32 Å². The first-order valence-corrected chi connectivity index (χ1v) is 6.69. The highest BCUT2D eigenvalue weighted by atomic mass is 16.5. The Bertz CT molecular complexity index is 621. The van der Waals surface area contributed by atoms with Gasteiger partial charge in [0, 0.05) is 18.7 Å². The zero-order valence-corrected chi connectivity index (χ0v) is 11.4. The Morgan fingerprint density at radius 2 is 2.20 bits per heavy atom. The van der Waals surface area contributed by atoms with Gasteiger partial charge in [0.25, 0.3) is 5.91 Å². The maximum absolute atomic E-state index is 11.3. The molecule has 5 heteroatoms. The number of carbonyl (C=O) groups is 1. The largest absolute Gasteiger partial charge is 0.364 e. The first-order valence-electron chi connectivity index (χ1n) is 6.69. The number of amides is 1. The summed E-state index contributed by atoms with van der Waals surface area (Å²) in [4.78, 5) is 13.6. The Hall–Kier alpha value is -2.14. The molecule has 1 aliphatic heterocycles. The van der Waals surface area contributed by atoms with E-state index in [0.717, 1.165) is 24.4 Å². The lowest BCUT2D eigenvalue weighted by atomic mass is 9.94. The predicted octanol–water partition coefficient (Wildman–Crippen LogP) is 1.89. The van der Waals surface area contributed by atoms with Crippen LogP contribution in [0.2, 0.25) is 0 Å². The summed E-state index contributed by atoms with van der Waals surface area (Å²) >= 11 is 0. The summed E-state index contributed by atoms with van der Waals surface area (Å²) in [5.74, 6) is 0.433. The second-order valence-corrected chi connectivity index (χ2v) is 5.29. The third kappa shape index (κ3) is 2.32. The third-order valence-electron chi connectivity index (χ3n) is 3.68. The van der Waals surface area contributed by atoms with Crippen LogP contribution in [0.15, 0.2) is 34.9 Å². The highest BCUT2D eigenvalue weighted by Crippen LogP contribution is 2.31. The summed E-state index contributed by atoms with van der Waals surface area (Å²) < 4.78 is 5.29. The quantitative estimate of drug-likeness (QED) is 0.925.